The molecule has 0 spiro atoms. The second-order valence-electron chi connectivity index (χ2n) is 6.28. The summed E-state index contributed by atoms with van der Waals surface area (Å²) in [6, 6.07) is 12.1. The predicted molar refractivity (Wildman–Crippen MR) is 116 cm³/mol. The normalized spacial score (nSPS) is 16.3. The maximum Gasteiger partial charge on any atom is 0.267 e. The van der Waals surface area contributed by atoms with E-state index >= 15 is 0 Å². The molecule has 0 bridgehead atoms. The minimum atomic E-state index is -0.570. The topological polar surface area (TPSA) is 77.5 Å². The number of carbonyl (C=O) groups excluding carboxylic acids is 1. The van der Waals surface area contributed by atoms with E-state index in [2.05, 4.69) is 27.3 Å². The molecule has 1 aromatic carbocycles. The van der Waals surface area contributed by atoms with E-state index in [4.69, 9.17) is 16.8 Å². The van der Waals surface area contributed by atoms with Crippen LogP contribution in [0.2, 0.25) is 5.02 Å². The van der Waals surface area contributed by atoms with Gasteiger partial charge in [0.15, 0.2) is 0 Å². The number of hydrogen-bond acceptors (Lipinski definition) is 5. The molecule has 1 saturated heterocycles. The van der Waals surface area contributed by atoms with Crippen molar-refractivity contribution in [2.75, 3.05) is 18.4 Å². The van der Waals surface area contributed by atoms with Crippen molar-refractivity contribution in [2.24, 2.45) is 0 Å². The fourth-order valence-corrected chi connectivity index (χ4v) is 3.08. The first kappa shape index (κ1) is 24.2. The number of hydroxylamine groups is 1. The SMILES string of the molecule is Cl.Cl.O=C(/C=C/c1ccc(N[C@@H]2CCN(Cc3ccc(Cl)cc3)C2)nc1)NO. The number of benzene rings is 1. The van der Waals surface area contributed by atoms with Crippen molar-refractivity contribution in [3.63, 3.8) is 0 Å². The van der Waals surface area contributed by atoms with Crippen LogP contribution in [0.4, 0.5) is 5.82 Å². The lowest BCUT2D eigenvalue weighted by atomic mass is 10.2. The summed E-state index contributed by atoms with van der Waals surface area (Å²) in [5, 5.41) is 12.7. The Balaban J connectivity index is 0.00000196. The van der Waals surface area contributed by atoms with Crippen LogP contribution in [0.5, 0.6) is 0 Å². The third-order valence-electron chi connectivity index (χ3n) is 4.27. The highest BCUT2D eigenvalue weighted by Gasteiger charge is 2.22. The minimum absolute atomic E-state index is 0. The van der Waals surface area contributed by atoms with Gasteiger partial charge in [-0.25, -0.2) is 10.5 Å². The summed E-state index contributed by atoms with van der Waals surface area (Å²) in [6.45, 7) is 2.92. The zero-order valence-electron chi connectivity index (χ0n) is 15.0. The van der Waals surface area contributed by atoms with E-state index in [9.17, 15) is 4.79 Å². The fourth-order valence-electron chi connectivity index (χ4n) is 2.95. The lowest BCUT2D eigenvalue weighted by Gasteiger charge is -2.17. The van der Waals surface area contributed by atoms with Gasteiger partial charge in [0, 0.05) is 43.0 Å². The molecule has 152 valence electrons. The van der Waals surface area contributed by atoms with Gasteiger partial charge in [0.05, 0.1) is 0 Å². The molecule has 9 heteroatoms. The molecule has 1 amide bonds. The number of halogens is 3. The summed E-state index contributed by atoms with van der Waals surface area (Å²) in [5.41, 5.74) is 3.60. The molecule has 0 saturated carbocycles. The number of nitrogens with zero attached hydrogens (tertiary/aromatic N) is 2. The molecule has 28 heavy (non-hydrogen) atoms. The quantitative estimate of drug-likeness (QED) is 0.358. The predicted octanol–water partition coefficient (Wildman–Crippen LogP) is 3.78. The molecule has 1 aromatic heterocycles. The first-order valence-corrected chi connectivity index (χ1v) is 8.82. The van der Waals surface area contributed by atoms with Crippen molar-refractivity contribution in [3.8, 4) is 0 Å². The van der Waals surface area contributed by atoms with E-state index in [0.717, 1.165) is 42.5 Å². The molecule has 1 atom stereocenters. The standard InChI is InChI=1S/C19H21ClN4O2.2ClH/c20-16-5-1-15(2-6-16)12-24-10-9-17(13-24)22-18-7-3-14(11-21-18)4-8-19(25)23-26;;/h1-8,11,17,26H,9-10,12-13H2,(H,21,22)(H,23,25);2*1H/b8-4+;;/t17-;;/m1../s1. The van der Waals surface area contributed by atoms with Crippen LogP contribution in [0.3, 0.4) is 0 Å². The van der Waals surface area contributed by atoms with Gasteiger partial charge in [-0.2, -0.15) is 0 Å². The Morgan fingerprint density at radius 3 is 2.64 bits per heavy atom. The molecule has 2 aromatic rings. The number of carbonyl (C=O) groups is 1. The number of aromatic nitrogens is 1. The first-order valence-electron chi connectivity index (χ1n) is 8.44. The molecule has 2 heterocycles. The highest BCUT2D eigenvalue weighted by Crippen LogP contribution is 2.18. The van der Waals surface area contributed by atoms with Crippen molar-refractivity contribution >= 4 is 54.2 Å². The van der Waals surface area contributed by atoms with Crippen LogP contribution in [-0.4, -0.2) is 40.1 Å². The van der Waals surface area contributed by atoms with Gasteiger partial charge in [0.2, 0.25) is 0 Å². The van der Waals surface area contributed by atoms with Crippen molar-refractivity contribution < 1.29 is 10.0 Å². The van der Waals surface area contributed by atoms with Crippen LogP contribution >= 0.6 is 36.4 Å². The number of pyridine rings is 1. The summed E-state index contributed by atoms with van der Waals surface area (Å²) in [7, 11) is 0. The Morgan fingerprint density at radius 1 is 1.25 bits per heavy atom. The van der Waals surface area contributed by atoms with E-state index in [1.165, 1.54) is 11.6 Å². The molecular weight excluding hydrogens is 423 g/mol. The molecule has 3 rings (SSSR count). The Hall–Kier alpha value is -1.83. The van der Waals surface area contributed by atoms with Gasteiger partial charge in [-0.15, -0.1) is 24.8 Å². The number of anilines is 1. The van der Waals surface area contributed by atoms with E-state index < -0.39 is 5.91 Å². The van der Waals surface area contributed by atoms with E-state index in [1.54, 1.807) is 17.8 Å². The van der Waals surface area contributed by atoms with E-state index in [0.29, 0.717) is 6.04 Å². The summed E-state index contributed by atoms with van der Waals surface area (Å²) in [6.07, 6.45) is 5.58. The van der Waals surface area contributed by atoms with Crippen molar-refractivity contribution in [1.82, 2.24) is 15.4 Å². The summed E-state index contributed by atoms with van der Waals surface area (Å²) >= 11 is 5.93. The average molecular weight is 446 g/mol. The minimum Gasteiger partial charge on any atom is -0.366 e. The molecule has 1 aliphatic heterocycles. The fraction of sp³-hybridized carbons (Fsp3) is 0.263. The zero-order valence-corrected chi connectivity index (χ0v) is 17.4. The number of amides is 1. The first-order chi connectivity index (χ1) is 12.6. The lowest BCUT2D eigenvalue weighted by molar-refractivity contribution is -0.124. The van der Waals surface area contributed by atoms with Crippen LogP contribution in [0.1, 0.15) is 17.5 Å². The average Bonchev–Trinajstić information content (AvgIpc) is 3.09. The van der Waals surface area contributed by atoms with Crippen LogP contribution in [0.15, 0.2) is 48.7 Å². The molecular formula is C19H23Cl3N4O2. The van der Waals surface area contributed by atoms with E-state index in [-0.39, 0.29) is 24.8 Å². The second-order valence-corrected chi connectivity index (χ2v) is 6.71. The van der Waals surface area contributed by atoms with Crippen LogP contribution in [0.25, 0.3) is 6.08 Å². The Kier molecular flexibility index (Phi) is 10.3. The largest absolute Gasteiger partial charge is 0.366 e. The van der Waals surface area contributed by atoms with Crippen molar-refractivity contribution in [2.45, 2.75) is 19.0 Å². The molecule has 3 N–H and O–H groups in total. The maximum absolute atomic E-state index is 11.0. The molecule has 0 aliphatic carbocycles. The summed E-state index contributed by atoms with van der Waals surface area (Å²) in [4.78, 5) is 17.8. The second kappa shape index (κ2) is 11.9. The molecule has 6 nitrogen and oxygen atoms in total. The van der Waals surface area contributed by atoms with Gasteiger partial charge in [0.1, 0.15) is 5.82 Å². The molecule has 1 fully saturated rings. The Bertz CT molecular complexity index is 770. The summed E-state index contributed by atoms with van der Waals surface area (Å²) < 4.78 is 0. The van der Waals surface area contributed by atoms with Crippen LogP contribution in [0, 0.1) is 0 Å². The Labute approximate surface area is 181 Å². The molecule has 1 aliphatic rings. The highest BCUT2D eigenvalue weighted by atomic mass is 35.5. The van der Waals surface area contributed by atoms with Gasteiger partial charge in [-0.3, -0.25) is 14.9 Å². The number of nitrogens with one attached hydrogen (secondary N) is 2. The van der Waals surface area contributed by atoms with Crippen LogP contribution < -0.4 is 10.8 Å². The molecule has 0 unspecified atom stereocenters. The van der Waals surface area contributed by atoms with Crippen LogP contribution in [-0.2, 0) is 11.3 Å². The number of hydrogen-bond donors (Lipinski definition) is 3. The smallest absolute Gasteiger partial charge is 0.267 e. The van der Waals surface area contributed by atoms with Gasteiger partial charge in [-0.1, -0.05) is 23.7 Å². The highest BCUT2D eigenvalue weighted by molar-refractivity contribution is 6.30. The van der Waals surface area contributed by atoms with Gasteiger partial charge >= 0.3 is 0 Å². The van der Waals surface area contributed by atoms with E-state index in [1.807, 2.05) is 24.3 Å². The number of rotatable bonds is 6. The number of likely N-dealkylation sites (tertiary alicyclic amines) is 1. The Morgan fingerprint density at radius 2 is 2.00 bits per heavy atom. The van der Waals surface area contributed by atoms with Gasteiger partial charge < -0.3 is 5.32 Å². The molecule has 0 radical (unpaired) electrons. The van der Waals surface area contributed by atoms with Gasteiger partial charge in [0.25, 0.3) is 5.91 Å². The monoisotopic (exact) mass is 444 g/mol. The lowest BCUT2D eigenvalue weighted by Crippen LogP contribution is -2.26. The third-order valence-corrected chi connectivity index (χ3v) is 4.52. The zero-order chi connectivity index (χ0) is 18.4. The van der Waals surface area contributed by atoms with Crippen molar-refractivity contribution in [3.05, 3.63) is 64.8 Å². The van der Waals surface area contributed by atoms with Crippen molar-refractivity contribution in [1.29, 1.82) is 0 Å². The third kappa shape index (κ3) is 7.30. The summed E-state index contributed by atoms with van der Waals surface area (Å²) in [5.74, 6) is 0.242. The maximum atomic E-state index is 11.0. The van der Waals surface area contributed by atoms with Gasteiger partial charge in [-0.05, 0) is 47.9 Å².